The molecule has 1 aliphatic rings. The maximum Gasteiger partial charge on any atom is 0.227 e. The minimum atomic E-state index is -0.570. The molecule has 1 amide bonds. The van der Waals surface area contributed by atoms with Crippen LogP contribution in [0.25, 0.3) is 11.3 Å². The van der Waals surface area contributed by atoms with Gasteiger partial charge in [0, 0.05) is 37.8 Å². The maximum absolute atomic E-state index is 13.3. The average molecular weight is 421 g/mol. The average Bonchev–Trinajstić information content (AvgIpc) is 3.26. The van der Waals surface area contributed by atoms with Crippen LogP contribution in [-0.2, 0) is 22.5 Å². The molecule has 2 aromatic carbocycles. The van der Waals surface area contributed by atoms with Crippen LogP contribution in [-0.4, -0.2) is 31.4 Å². The molecule has 0 unspecified atom stereocenters. The third-order valence-electron chi connectivity index (χ3n) is 6.01. The summed E-state index contributed by atoms with van der Waals surface area (Å²) >= 11 is 0. The van der Waals surface area contributed by atoms with Gasteiger partial charge in [-0.3, -0.25) is 4.79 Å². The minimum Gasteiger partial charge on any atom is -0.497 e. The fraction of sp³-hybridized carbons (Fsp3) is 0.360. The molecule has 0 spiro atoms. The highest BCUT2D eigenvalue weighted by molar-refractivity contribution is 5.83. The molecule has 162 valence electrons. The van der Waals surface area contributed by atoms with Crippen LogP contribution in [0.2, 0.25) is 0 Å². The number of amides is 1. The van der Waals surface area contributed by atoms with Crippen molar-refractivity contribution in [3.8, 4) is 17.0 Å². The van der Waals surface area contributed by atoms with Crippen molar-refractivity contribution in [2.45, 2.75) is 32.7 Å². The van der Waals surface area contributed by atoms with Crippen molar-refractivity contribution in [2.24, 2.45) is 5.41 Å². The molecule has 0 saturated carbocycles. The highest BCUT2D eigenvalue weighted by Gasteiger charge is 2.41. The SMILES string of the molecule is COc1cccc(CNC(=O)C2(Cc3cc(-c4ccccc4C)no3)CCOCC2)c1. The molecule has 0 aliphatic carbocycles. The Morgan fingerprint density at radius 3 is 2.71 bits per heavy atom. The number of nitrogens with zero attached hydrogens (tertiary/aromatic N) is 1. The molecule has 6 heteroatoms. The van der Waals surface area contributed by atoms with Crippen LogP contribution < -0.4 is 10.1 Å². The van der Waals surface area contributed by atoms with Crippen LogP contribution in [0.1, 0.15) is 29.7 Å². The Hall–Kier alpha value is -3.12. The van der Waals surface area contributed by atoms with E-state index in [2.05, 4.69) is 23.5 Å². The summed E-state index contributed by atoms with van der Waals surface area (Å²) in [6, 6.07) is 17.7. The molecule has 6 nitrogen and oxygen atoms in total. The van der Waals surface area contributed by atoms with Crippen LogP contribution in [0.3, 0.4) is 0 Å². The minimum absolute atomic E-state index is 0.0208. The molecular weight excluding hydrogens is 392 g/mol. The second-order valence-corrected chi connectivity index (χ2v) is 8.10. The first-order valence-electron chi connectivity index (χ1n) is 10.6. The van der Waals surface area contributed by atoms with E-state index in [9.17, 15) is 4.79 Å². The standard InChI is InChI=1S/C25H28N2O4/c1-18-6-3-4-9-22(18)23-15-21(31-27-23)16-25(10-12-30-13-11-25)24(28)26-17-19-7-5-8-20(14-19)29-2/h3-9,14-15H,10-13,16-17H2,1-2H3,(H,26,28). The molecular formula is C25H28N2O4. The zero-order valence-electron chi connectivity index (χ0n) is 18.0. The summed E-state index contributed by atoms with van der Waals surface area (Å²) in [5.41, 5.74) is 3.41. The van der Waals surface area contributed by atoms with Crippen molar-refractivity contribution >= 4 is 5.91 Å². The van der Waals surface area contributed by atoms with Gasteiger partial charge in [0.15, 0.2) is 0 Å². The van der Waals surface area contributed by atoms with Crippen molar-refractivity contribution in [3.63, 3.8) is 0 Å². The van der Waals surface area contributed by atoms with Crippen LogP contribution in [0, 0.1) is 12.3 Å². The van der Waals surface area contributed by atoms with Gasteiger partial charge in [-0.2, -0.15) is 0 Å². The maximum atomic E-state index is 13.3. The van der Waals surface area contributed by atoms with E-state index in [1.807, 2.05) is 48.5 Å². The number of hydrogen-bond donors (Lipinski definition) is 1. The van der Waals surface area contributed by atoms with Crippen molar-refractivity contribution < 1.29 is 18.8 Å². The molecule has 0 atom stereocenters. The van der Waals surface area contributed by atoms with Gasteiger partial charge < -0.3 is 19.3 Å². The molecule has 3 aromatic rings. The lowest BCUT2D eigenvalue weighted by molar-refractivity contribution is -0.137. The van der Waals surface area contributed by atoms with Gasteiger partial charge in [-0.1, -0.05) is 41.6 Å². The summed E-state index contributed by atoms with van der Waals surface area (Å²) in [5.74, 6) is 1.52. The molecule has 4 rings (SSSR count). The monoisotopic (exact) mass is 420 g/mol. The topological polar surface area (TPSA) is 73.6 Å². The van der Waals surface area contributed by atoms with Crippen molar-refractivity contribution in [3.05, 3.63) is 71.5 Å². The Morgan fingerprint density at radius 1 is 1.13 bits per heavy atom. The molecule has 1 N–H and O–H groups in total. The highest BCUT2D eigenvalue weighted by atomic mass is 16.5. The van der Waals surface area contributed by atoms with E-state index in [1.54, 1.807) is 7.11 Å². The number of ether oxygens (including phenoxy) is 2. The van der Waals surface area contributed by atoms with Crippen LogP contribution in [0.4, 0.5) is 0 Å². The van der Waals surface area contributed by atoms with Gasteiger partial charge in [-0.05, 0) is 43.0 Å². The number of carbonyl (C=O) groups is 1. The molecule has 1 saturated heterocycles. The van der Waals surface area contributed by atoms with E-state index in [0.717, 1.165) is 33.9 Å². The summed E-state index contributed by atoms with van der Waals surface area (Å²) in [4.78, 5) is 13.3. The third kappa shape index (κ3) is 4.80. The largest absolute Gasteiger partial charge is 0.497 e. The summed E-state index contributed by atoms with van der Waals surface area (Å²) in [6.07, 6.45) is 1.80. The first-order chi connectivity index (χ1) is 15.1. The normalized spacial score (nSPS) is 15.4. The van der Waals surface area contributed by atoms with E-state index in [4.69, 9.17) is 14.0 Å². The van der Waals surface area contributed by atoms with Crippen molar-refractivity contribution in [1.29, 1.82) is 0 Å². The Balaban J connectivity index is 1.50. The Morgan fingerprint density at radius 2 is 1.94 bits per heavy atom. The quantitative estimate of drug-likeness (QED) is 0.616. The second-order valence-electron chi connectivity index (χ2n) is 8.10. The van der Waals surface area contributed by atoms with E-state index in [0.29, 0.717) is 39.0 Å². The summed E-state index contributed by atoms with van der Waals surface area (Å²) in [7, 11) is 1.64. The summed E-state index contributed by atoms with van der Waals surface area (Å²) < 4.78 is 16.5. The Labute approximate surface area is 182 Å². The zero-order chi connectivity index (χ0) is 21.7. The molecule has 1 fully saturated rings. The van der Waals surface area contributed by atoms with Gasteiger partial charge >= 0.3 is 0 Å². The second kappa shape index (κ2) is 9.35. The van der Waals surface area contributed by atoms with Crippen molar-refractivity contribution in [2.75, 3.05) is 20.3 Å². The number of nitrogens with one attached hydrogen (secondary N) is 1. The number of hydrogen-bond acceptors (Lipinski definition) is 5. The van der Waals surface area contributed by atoms with Crippen molar-refractivity contribution in [1.82, 2.24) is 10.5 Å². The van der Waals surface area contributed by atoms with Gasteiger partial charge in [0.05, 0.1) is 12.5 Å². The number of carbonyl (C=O) groups excluding carboxylic acids is 1. The smallest absolute Gasteiger partial charge is 0.227 e. The third-order valence-corrected chi connectivity index (χ3v) is 6.01. The molecule has 1 aliphatic heterocycles. The highest BCUT2D eigenvalue weighted by Crippen LogP contribution is 2.36. The zero-order valence-corrected chi connectivity index (χ0v) is 18.0. The van der Waals surface area contributed by atoms with Gasteiger partial charge in [0.2, 0.25) is 5.91 Å². The lowest BCUT2D eigenvalue weighted by Crippen LogP contribution is -2.45. The lowest BCUT2D eigenvalue weighted by Gasteiger charge is -2.35. The molecule has 1 aromatic heterocycles. The number of rotatable bonds is 7. The van der Waals surface area contributed by atoms with Crippen LogP contribution >= 0.6 is 0 Å². The lowest BCUT2D eigenvalue weighted by atomic mass is 9.75. The van der Waals surface area contributed by atoms with Gasteiger partial charge in [0.25, 0.3) is 0 Å². The van der Waals surface area contributed by atoms with E-state index in [1.165, 1.54) is 0 Å². The molecule has 0 bridgehead atoms. The number of methoxy groups -OCH3 is 1. The predicted octanol–water partition coefficient (Wildman–Crippen LogP) is 4.31. The van der Waals surface area contributed by atoms with E-state index in [-0.39, 0.29) is 5.91 Å². The molecule has 0 radical (unpaired) electrons. The fourth-order valence-corrected chi connectivity index (χ4v) is 4.12. The fourth-order valence-electron chi connectivity index (χ4n) is 4.12. The number of aromatic nitrogens is 1. The number of benzene rings is 2. The summed E-state index contributed by atoms with van der Waals surface area (Å²) in [5, 5.41) is 7.38. The van der Waals surface area contributed by atoms with Gasteiger partial charge in [0.1, 0.15) is 17.2 Å². The molecule has 2 heterocycles. The first kappa shape index (κ1) is 21.1. The summed E-state index contributed by atoms with van der Waals surface area (Å²) in [6.45, 7) is 3.62. The Bertz CT molecular complexity index is 1040. The van der Waals surface area contributed by atoms with Crippen LogP contribution in [0.5, 0.6) is 5.75 Å². The predicted molar refractivity (Wildman–Crippen MR) is 118 cm³/mol. The van der Waals surface area contributed by atoms with E-state index >= 15 is 0 Å². The molecule has 31 heavy (non-hydrogen) atoms. The first-order valence-corrected chi connectivity index (χ1v) is 10.6. The Kier molecular flexibility index (Phi) is 6.37. The van der Waals surface area contributed by atoms with Crippen LogP contribution in [0.15, 0.2) is 59.1 Å². The van der Waals surface area contributed by atoms with Gasteiger partial charge in [-0.15, -0.1) is 0 Å². The van der Waals surface area contributed by atoms with E-state index < -0.39 is 5.41 Å². The van der Waals surface area contributed by atoms with Gasteiger partial charge in [-0.25, -0.2) is 0 Å². The number of aryl methyl sites for hydroxylation is 1.